The largest absolute Gasteiger partial charge is 0.462 e. The fourth-order valence-corrected chi connectivity index (χ4v) is 1.83. The Morgan fingerprint density at radius 1 is 1.50 bits per heavy atom. The summed E-state index contributed by atoms with van der Waals surface area (Å²) in [5, 5.41) is 0. The number of aryl methyl sites for hydroxylation is 1. The van der Waals surface area contributed by atoms with Crippen molar-refractivity contribution in [2.45, 2.75) is 32.3 Å². The van der Waals surface area contributed by atoms with Crippen LogP contribution in [0.15, 0.2) is 24.3 Å². The maximum absolute atomic E-state index is 10.9. The minimum Gasteiger partial charge on any atom is -0.462 e. The molecule has 1 aromatic rings. The molecule has 0 aliphatic carbocycles. The van der Waals surface area contributed by atoms with E-state index in [0.29, 0.717) is 6.42 Å². The van der Waals surface area contributed by atoms with E-state index in [-0.39, 0.29) is 12.1 Å². The molecule has 1 unspecified atom stereocenters. The SMILES string of the molecule is Cc1cccc(CC2CCC(=O)O2)c1. The zero-order valence-corrected chi connectivity index (χ0v) is 8.32. The summed E-state index contributed by atoms with van der Waals surface area (Å²) in [6.45, 7) is 2.07. The van der Waals surface area contributed by atoms with Gasteiger partial charge in [0.25, 0.3) is 0 Å². The molecule has 74 valence electrons. The molecule has 0 aromatic heterocycles. The molecular formula is C12H14O2. The van der Waals surface area contributed by atoms with Gasteiger partial charge in [0.1, 0.15) is 6.10 Å². The van der Waals surface area contributed by atoms with Gasteiger partial charge in [-0.3, -0.25) is 4.79 Å². The Kier molecular flexibility index (Phi) is 2.53. The van der Waals surface area contributed by atoms with Gasteiger partial charge in [-0.1, -0.05) is 29.8 Å². The first-order valence-corrected chi connectivity index (χ1v) is 4.99. The van der Waals surface area contributed by atoms with Crippen molar-refractivity contribution in [3.63, 3.8) is 0 Å². The van der Waals surface area contributed by atoms with Crippen molar-refractivity contribution in [1.82, 2.24) is 0 Å². The van der Waals surface area contributed by atoms with Crippen LogP contribution < -0.4 is 0 Å². The Labute approximate surface area is 83.9 Å². The van der Waals surface area contributed by atoms with E-state index in [1.807, 2.05) is 6.07 Å². The number of benzene rings is 1. The molecule has 2 heteroatoms. The fraction of sp³-hybridized carbons (Fsp3) is 0.417. The molecule has 1 heterocycles. The first-order chi connectivity index (χ1) is 6.74. The highest BCUT2D eigenvalue weighted by Gasteiger charge is 2.23. The van der Waals surface area contributed by atoms with E-state index in [1.54, 1.807) is 0 Å². The molecule has 0 saturated carbocycles. The number of carbonyl (C=O) groups is 1. The van der Waals surface area contributed by atoms with Gasteiger partial charge in [-0.15, -0.1) is 0 Å². The van der Waals surface area contributed by atoms with Gasteiger partial charge in [0, 0.05) is 12.8 Å². The van der Waals surface area contributed by atoms with Gasteiger partial charge in [0.15, 0.2) is 0 Å². The number of hydrogen-bond donors (Lipinski definition) is 0. The van der Waals surface area contributed by atoms with Crippen molar-refractivity contribution >= 4 is 5.97 Å². The predicted octanol–water partition coefficient (Wildman–Crippen LogP) is 2.24. The molecule has 1 saturated heterocycles. The van der Waals surface area contributed by atoms with Gasteiger partial charge in [-0.05, 0) is 18.9 Å². The lowest BCUT2D eigenvalue weighted by Crippen LogP contribution is -2.10. The topological polar surface area (TPSA) is 26.3 Å². The second-order valence-corrected chi connectivity index (χ2v) is 3.84. The second-order valence-electron chi connectivity index (χ2n) is 3.84. The second kappa shape index (κ2) is 3.82. The van der Waals surface area contributed by atoms with E-state index in [2.05, 4.69) is 25.1 Å². The van der Waals surface area contributed by atoms with Crippen molar-refractivity contribution in [2.75, 3.05) is 0 Å². The van der Waals surface area contributed by atoms with Crippen molar-refractivity contribution in [1.29, 1.82) is 0 Å². The Morgan fingerprint density at radius 2 is 2.36 bits per heavy atom. The maximum atomic E-state index is 10.9. The normalized spacial score (nSPS) is 20.9. The van der Waals surface area contributed by atoms with E-state index < -0.39 is 0 Å². The summed E-state index contributed by atoms with van der Waals surface area (Å²) in [5.74, 6) is -0.0531. The van der Waals surface area contributed by atoms with Gasteiger partial charge in [-0.25, -0.2) is 0 Å². The Morgan fingerprint density at radius 3 is 3.00 bits per heavy atom. The zero-order chi connectivity index (χ0) is 9.97. The van der Waals surface area contributed by atoms with Crippen molar-refractivity contribution < 1.29 is 9.53 Å². The van der Waals surface area contributed by atoms with Gasteiger partial charge in [0.05, 0.1) is 0 Å². The number of esters is 1. The van der Waals surface area contributed by atoms with Crippen molar-refractivity contribution in [3.8, 4) is 0 Å². The maximum Gasteiger partial charge on any atom is 0.306 e. The quantitative estimate of drug-likeness (QED) is 0.668. The molecule has 2 nitrogen and oxygen atoms in total. The third-order valence-electron chi connectivity index (χ3n) is 2.51. The summed E-state index contributed by atoms with van der Waals surface area (Å²) in [6, 6.07) is 8.34. The molecule has 2 rings (SSSR count). The molecule has 0 radical (unpaired) electrons. The molecule has 1 fully saturated rings. The molecular weight excluding hydrogens is 176 g/mol. The van der Waals surface area contributed by atoms with E-state index in [9.17, 15) is 4.79 Å². The fourth-order valence-electron chi connectivity index (χ4n) is 1.83. The lowest BCUT2D eigenvalue weighted by atomic mass is 10.0. The lowest BCUT2D eigenvalue weighted by Gasteiger charge is -2.09. The summed E-state index contributed by atoms with van der Waals surface area (Å²) in [7, 11) is 0. The number of ether oxygens (including phenoxy) is 1. The van der Waals surface area contributed by atoms with Crippen LogP contribution in [0.5, 0.6) is 0 Å². The van der Waals surface area contributed by atoms with E-state index >= 15 is 0 Å². The standard InChI is InChI=1S/C12H14O2/c1-9-3-2-4-10(7-9)8-11-5-6-12(13)14-11/h2-4,7,11H,5-6,8H2,1H3. The van der Waals surface area contributed by atoms with Crippen LogP contribution in [0.1, 0.15) is 24.0 Å². The van der Waals surface area contributed by atoms with Crippen molar-refractivity contribution in [3.05, 3.63) is 35.4 Å². The molecule has 0 N–H and O–H groups in total. The van der Waals surface area contributed by atoms with Crippen LogP contribution in [0.4, 0.5) is 0 Å². The molecule has 0 bridgehead atoms. The molecule has 14 heavy (non-hydrogen) atoms. The van der Waals surface area contributed by atoms with Gasteiger partial charge >= 0.3 is 5.97 Å². The highest BCUT2D eigenvalue weighted by atomic mass is 16.5. The van der Waals surface area contributed by atoms with E-state index in [4.69, 9.17) is 4.74 Å². The van der Waals surface area contributed by atoms with Crippen LogP contribution in [0.25, 0.3) is 0 Å². The molecule has 1 aliphatic rings. The number of cyclic esters (lactones) is 1. The average molecular weight is 190 g/mol. The lowest BCUT2D eigenvalue weighted by molar-refractivity contribution is -0.141. The van der Waals surface area contributed by atoms with Gasteiger partial charge < -0.3 is 4.74 Å². The smallest absolute Gasteiger partial charge is 0.306 e. The van der Waals surface area contributed by atoms with Crippen LogP contribution in [-0.2, 0) is 16.0 Å². The Bertz CT molecular complexity index is 344. The third-order valence-corrected chi connectivity index (χ3v) is 2.51. The Balaban J connectivity index is 2.00. The van der Waals surface area contributed by atoms with Crippen LogP contribution in [0.2, 0.25) is 0 Å². The van der Waals surface area contributed by atoms with Crippen LogP contribution in [0, 0.1) is 6.92 Å². The van der Waals surface area contributed by atoms with Crippen LogP contribution >= 0.6 is 0 Å². The predicted molar refractivity (Wildman–Crippen MR) is 54.0 cm³/mol. The summed E-state index contributed by atoms with van der Waals surface area (Å²) in [6.07, 6.45) is 2.40. The summed E-state index contributed by atoms with van der Waals surface area (Å²) < 4.78 is 5.17. The minimum absolute atomic E-state index is 0.0531. The van der Waals surface area contributed by atoms with Gasteiger partial charge in [0.2, 0.25) is 0 Å². The van der Waals surface area contributed by atoms with Crippen LogP contribution in [0.3, 0.4) is 0 Å². The van der Waals surface area contributed by atoms with E-state index in [1.165, 1.54) is 11.1 Å². The first kappa shape index (κ1) is 9.25. The number of rotatable bonds is 2. The molecule has 1 aromatic carbocycles. The number of hydrogen-bond acceptors (Lipinski definition) is 2. The monoisotopic (exact) mass is 190 g/mol. The highest BCUT2D eigenvalue weighted by molar-refractivity contribution is 5.71. The molecule has 0 spiro atoms. The third kappa shape index (κ3) is 2.13. The average Bonchev–Trinajstić information content (AvgIpc) is 2.51. The summed E-state index contributed by atoms with van der Waals surface area (Å²) in [5.41, 5.74) is 2.51. The Hall–Kier alpha value is -1.31. The zero-order valence-electron chi connectivity index (χ0n) is 8.32. The summed E-state index contributed by atoms with van der Waals surface area (Å²) in [4.78, 5) is 10.9. The highest BCUT2D eigenvalue weighted by Crippen LogP contribution is 2.18. The van der Waals surface area contributed by atoms with Gasteiger partial charge in [-0.2, -0.15) is 0 Å². The summed E-state index contributed by atoms with van der Waals surface area (Å²) >= 11 is 0. The van der Waals surface area contributed by atoms with Crippen molar-refractivity contribution in [2.24, 2.45) is 0 Å². The number of carbonyl (C=O) groups excluding carboxylic acids is 1. The molecule has 1 aliphatic heterocycles. The minimum atomic E-state index is -0.0531. The van der Waals surface area contributed by atoms with Crippen LogP contribution in [-0.4, -0.2) is 12.1 Å². The molecule has 0 amide bonds. The van der Waals surface area contributed by atoms with E-state index in [0.717, 1.165) is 12.8 Å². The first-order valence-electron chi connectivity index (χ1n) is 4.99. The molecule has 1 atom stereocenters.